The van der Waals surface area contributed by atoms with Crippen LogP contribution in [0.25, 0.3) is 34.2 Å². The summed E-state index contributed by atoms with van der Waals surface area (Å²) < 4.78 is 118. The van der Waals surface area contributed by atoms with Crippen LogP contribution in [0.1, 0.15) is 172 Å². The predicted octanol–water partition coefficient (Wildman–Crippen LogP) is 21.6. The van der Waals surface area contributed by atoms with Crippen molar-refractivity contribution in [1.82, 2.24) is 29.9 Å². The summed E-state index contributed by atoms with van der Waals surface area (Å²) in [5.74, 6) is 0.167. The Bertz CT molecular complexity index is 2470. The molecule has 0 aliphatic carbocycles. The number of halogens is 12. The van der Waals surface area contributed by atoms with E-state index >= 15 is 0 Å². The summed E-state index contributed by atoms with van der Waals surface area (Å²) in [6.07, 6.45) is 11.3. The maximum atomic E-state index is 9.87. The summed E-state index contributed by atoms with van der Waals surface area (Å²) in [5.41, 5.74) is 14.1. The van der Waals surface area contributed by atoms with E-state index in [9.17, 15) is 55.2 Å². The molecular formula is C57H78CoF12N6OP2. The molecule has 79 heavy (non-hydrogen) atoms. The Morgan fingerprint density at radius 2 is 0.380 bits per heavy atom. The number of pyridine rings is 6. The fourth-order valence-electron chi connectivity index (χ4n) is 6.22. The van der Waals surface area contributed by atoms with Crippen molar-refractivity contribution in [1.29, 1.82) is 0 Å². The summed E-state index contributed by atoms with van der Waals surface area (Å²) in [7, 11) is -21.3. The van der Waals surface area contributed by atoms with Crippen molar-refractivity contribution >= 4 is 21.4 Å². The molecule has 0 unspecified atom stereocenters. The van der Waals surface area contributed by atoms with E-state index in [1.54, 1.807) is 0 Å². The second kappa shape index (κ2) is 24.7. The average Bonchev–Trinajstić information content (AvgIpc) is 3.23. The number of ketones is 1. The van der Waals surface area contributed by atoms with Crippen molar-refractivity contribution in [2.45, 2.75) is 171 Å². The van der Waals surface area contributed by atoms with Crippen LogP contribution in [0.4, 0.5) is 50.4 Å². The molecule has 0 aliphatic heterocycles. The Morgan fingerprint density at radius 3 is 0.456 bits per heavy atom. The number of carbonyl (C=O) groups is 1. The molecular weight excluding hydrogens is 1130 g/mol. The minimum Gasteiger partial charge on any atom is 2.00 e. The van der Waals surface area contributed by atoms with Gasteiger partial charge in [-0.3, -0.25) is 29.9 Å². The van der Waals surface area contributed by atoms with Crippen LogP contribution in [0.5, 0.6) is 0 Å². The number of hydrogen-bond donors (Lipinski definition) is 0. The molecule has 6 aromatic rings. The second-order valence-electron chi connectivity index (χ2n) is 24.9. The molecule has 0 saturated carbocycles. The van der Waals surface area contributed by atoms with Crippen LogP contribution in [-0.2, 0) is 54.1 Å². The van der Waals surface area contributed by atoms with Crippen LogP contribution in [0.2, 0.25) is 0 Å². The van der Waals surface area contributed by atoms with Crippen molar-refractivity contribution < 1.29 is 71.9 Å². The Kier molecular flexibility index (Phi) is 23.1. The van der Waals surface area contributed by atoms with Gasteiger partial charge in [-0.2, -0.15) is 0 Å². The van der Waals surface area contributed by atoms with E-state index in [1.165, 1.54) is 47.2 Å². The largest absolute Gasteiger partial charge is 2.00 e. The van der Waals surface area contributed by atoms with E-state index in [0.29, 0.717) is 0 Å². The van der Waals surface area contributed by atoms with Crippen molar-refractivity contribution in [3.8, 4) is 34.2 Å². The molecule has 6 aromatic heterocycles. The summed E-state index contributed by atoms with van der Waals surface area (Å²) in [5, 5.41) is 0. The van der Waals surface area contributed by atoms with Gasteiger partial charge in [-0.25, -0.2) is 0 Å². The van der Waals surface area contributed by atoms with E-state index in [4.69, 9.17) is 0 Å². The Labute approximate surface area is 469 Å². The fraction of sp³-hybridized carbons (Fsp3) is 0.456. The molecule has 6 heterocycles. The van der Waals surface area contributed by atoms with Gasteiger partial charge < -0.3 is 4.79 Å². The standard InChI is InChI=1S/3C18H24N2.C3H6O.Co.2F6P/c3*1-17(2,3)13-7-9-19-15(11-13)16-12-14(8-10-20-16)18(4,5)6;1-3(2)4;;2*1-7(2,3,4,5)6/h3*7-12H,1-6H3;1-2H3;;;/q;;;;+2;2*-1. The summed E-state index contributed by atoms with van der Waals surface area (Å²) >= 11 is 0. The van der Waals surface area contributed by atoms with Gasteiger partial charge in [0.2, 0.25) is 0 Å². The molecule has 0 fully saturated rings. The number of Topliss-reactive ketones (excluding diaryl/α,β-unsaturated/α-hetero) is 1. The molecule has 0 aromatic carbocycles. The van der Waals surface area contributed by atoms with Gasteiger partial charge in [0.15, 0.2) is 0 Å². The SMILES string of the molecule is CC(C)(C)c1ccnc(-c2cc(C(C)(C)C)ccn2)c1.CC(C)(C)c1ccnc(-c2cc(C(C)(C)C)ccn2)c1.CC(C)(C)c1ccnc(-c2cc(C(C)(C)C)ccn2)c1.CC(C)=O.F[P-](F)(F)(F)(F)F.F[P-](F)(F)(F)(F)F.[Co+2]. The predicted molar refractivity (Wildman–Crippen MR) is 298 cm³/mol. The van der Waals surface area contributed by atoms with Gasteiger partial charge >= 0.3 is 82.8 Å². The Balaban J connectivity index is 0.000000994. The van der Waals surface area contributed by atoms with Gasteiger partial charge in [0, 0.05) is 37.2 Å². The van der Waals surface area contributed by atoms with Gasteiger partial charge in [0.1, 0.15) is 5.78 Å². The van der Waals surface area contributed by atoms with Crippen LogP contribution in [0, 0.1) is 0 Å². The van der Waals surface area contributed by atoms with E-state index in [2.05, 4.69) is 227 Å². The molecule has 0 N–H and O–H groups in total. The van der Waals surface area contributed by atoms with Gasteiger partial charge in [0.25, 0.3) is 0 Å². The summed E-state index contributed by atoms with van der Waals surface area (Å²) in [6, 6.07) is 25.4. The second-order valence-corrected chi connectivity index (χ2v) is 28.7. The molecule has 1 radical (unpaired) electrons. The van der Waals surface area contributed by atoms with Gasteiger partial charge in [-0.05, 0) is 153 Å². The third kappa shape index (κ3) is 34.8. The van der Waals surface area contributed by atoms with E-state index < -0.39 is 15.6 Å². The topological polar surface area (TPSA) is 94.4 Å². The maximum absolute atomic E-state index is 10.7. The third-order valence-electron chi connectivity index (χ3n) is 10.5. The van der Waals surface area contributed by atoms with Crippen molar-refractivity contribution in [2.75, 3.05) is 0 Å². The molecule has 6 rings (SSSR count). The first kappa shape index (κ1) is 74.1. The van der Waals surface area contributed by atoms with Crippen LogP contribution < -0.4 is 0 Å². The van der Waals surface area contributed by atoms with Crippen LogP contribution in [0.3, 0.4) is 0 Å². The Morgan fingerprint density at radius 1 is 0.291 bits per heavy atom. The molecule has 7 nitrogen and oxygen atoms in total. The number of aromatic nitrogens is 6. The number of nitrogens with zero attached hydrogens (tertiary/aromatic N) is 6. The fourth-order valence-corrected chi connectivity index (χ4v) is 6.22. The molecule has 0 saturated heterocycles. The van der Waals surface area contributed by atoms with Crippen molar-refractivity contribution in [3.05, 3.63) is 143 Å². The number of carbonyl (C=O) groups excluding carboxylic acids is 1. The van der Waals surface area contributed by atoms with Crippen LogP contribution >= 0.6 is 15.6 Å². The molecule has 0 atom stereocenters. The van der Waals surface area contributed by atoms with Gasteiger partial charge in [-0.15, -0.1) is 0 Å². The summed E-state index contributed by atoms with van der Waals surface area (Å²) in [4.78, 5) is 36.3. The zero-order valence-corrected chi connectivity index (χ0v) is 51.6. The molecule has 0 spiro atoms. The summed E-state index contributed by atoms with van der Waals surface area (Å²) in [6.45, 7) is 42.9. The maximum Gasteiger partial charge on any atom is 2.00 e. The minimum atomic E-state index is -10.7. The number of rotatable bonds is 3. The van der Waals surface area contributed by atoms with E-state index in [1.807, 2.05) is 37.2 Å². The molecule has 445 valence electrons. The minimum absolute atomic E-state index is 0. The zero-order valence-electron chi connectivity index (χ0n) is 48.7. The van der Waals surface area contributed by atoms with Gasteiger partial charge in [0.05, 0.1) is 34.2 Å². The van der Waals surface area contributed by atoms with E-state index in [0.717, 1.165) is 34.2 Å². The first-order chi connectivity index (χ1) is 34.2. The van der Waals surface area contributed by atoms with Crippen LogP contribution in [-0.4, -0.2) is 35.7 Å². The quantitative estimate of drug-likeness (QED) is 0.129. The van der Waals surface area contributed by atoms with Crippen molar-refractivity contribution in [2.24, 2.45) is 0 Å². The first-order valence-electron chi connectivity index (χ1n) is 24.6. The van der Waals surface area contributed by atoms with Gasteiger partial charge in [-0.1, -0.05) is 125 Å². The monoisotopic (exact) mass is 1210 g/mol. The molecule has 0 amide bonds. The van der Waals surface area contributed by atoms with Crippen molar-refractivity contribution in [3.63, 3.8) is 0 Å². The zero-order chi connectivity index (χ0) is 61.3. The first-order valence-corrected chi connectivity index (χ1v) is 28.6. The average molecular weight is 1210 g/mol. The van der Waals surface area contributed by atoms with E-state index in [-0.39, 0.29) is 55.1 Å². The number of hydrogen-bond acceptors (Lipinski definition) is 7. The normalized spacial score (nSPS) is 13.9. The Hall–Kier alpha value is -4.90. The smallest absolute Gasteiger partial charge is 2.00 e. The third-order valence-corrected chi connectivity index (χ3v) is 10.5. The molecule has 0 bridgehead atoms. The molecule has 0 aliphatic rings. The van der Waals surface area contributed by atoms with Crippen LogP contribution in [0.15, 0.2) is 110 Å². The molecule has 22 heteroatoms.